The number of hydrogen-bond acceptors (Lipinski definition) is 3. The Labute approximate surface area is 195 Å². The molecule has 0 saturated heterocycles. The normalized spacial score (nSPS) is 12.4. The van der Waals surface area contributed by atoms with Gasteiger partial charge < -0.3 is 4.74 Å². The average molecular weight is 446 g/mol. The van der Waals surface area contributed by atoms with Crippen molar-refractivity contribution in [3.05, 3.63) is 113 Å². The molecule has 164 valence electrons. The monoisotopic (exact) mass is 445 g/mol. The summed E-state index contributed by atoms with van der Waals surface area (Å²) in [5.41, 5.74) is 3.09. The fourth-order valence-electron chi connectivity index (χ4n) is 3.14. The molecule has 3 rings (SSSR count). The maximum Gasteiger partial charge on any atom is 0.331 e. The Bertz CT molecular complexity index is 1020. The van der Waals surface area contributed by atoms with Gasteiger partial charge in [-0.05, 0) is 44.9 Å². The summed E-state index contributed by atoms with van der Waals surface area (Å²) >= 11 is 5.97. The van der Waals surface area contributed by atoms with Gasteiger partial charge >= 0.3 is 5.97 Å². The third-order valence-electron chi connectivity index (χ3n) is 4.60. The SMILES string of the molecule is CC(C)(C)OC(=O)[C@H](C/C=C/c1ccc(Cl)cc1)N=C(c1ccccc1)c1ccccc1. The van der Waals surface area contributed by atoms with E-state index in [0.29, 0.717) is 11.4 Å². The van der Waals surface area contributed by atoms with E-state index in [-0.39, 0.29) is 5.97 Å². The number of rotatable bonds is 7. The maximum atomic E-state index is 13.1. The largest absolute Gasteiger partial charge is 0.458 e. The van der Waals surface area contributed by atoms with Crippen molar-refractivity contribution >= 4 is 29.4 Å². The number of benzene rings is 3. The number of hydrogen-bond donors (Lipinski definition) is 0. The van der Waals surface area contributed by atoms with Gasteiger partial charge in [0.2, 0.25) is 0 Å². The summed E-state index contributed by atoms with van der Waals surface area (Å²) in [6.07, 6.45) is 4.34. The van der Waals surface area contributed by atoms with Crippen molar-refractivity contribution < 1.29 is 9.53 Å². The van der Waals surface area contributed by atoms with Crippen LogP contribution in [0, 0.1) is 0 Å². The highest BCUT2D eigenvalue weighted by Crippen LogP contribution is 2.18. The Morgan fingerprint density at radius 2 is 1.44 bits per heavy atom. The van der Waals surface area contributed by atoms with Crippen LogP contribution < -0.4 is 0 Å². The number of ether oxygens (including phenoxy) is 1. The molecular weight excluding hydrogens is 418 g/mol. The highest BCUT2D eigenvalue weighted by Gasteiger charge is 2.25. The van der Waals surface area contributed by atoms with E-state index in [9.17, 15) is 4.79 Å². The third-order valence-corrected chi connectivity index (χ3v) is 4.85. The van der Waals surface area contributed by atoms with Crippen molar-refractivity contribution in [2.24, 2.45) is 4.99 Å². The predicted octanol–water partition coefficient (Wildman–Crippen LogP) is 6.99. The lowest BCUT2D eigenvalue weighted by Gasteiger charge is -2.22. The Morgan fingerprint density at radius 1 is 0.906 bits per heavy atom. The van der Waals surface area contributed by atoms with E-state index < -0.39 is 11.6 Å². The number of halogens is 1. The van der Waals surface area contributed by atoms with Gasteiger partial charge in [0.25, 0.3) is 0 Å². The van der Waals surface area contributed by atoms with Gasteiger partial charge in [-0.2, -0.15) is 0 Å². The van der Waals surface area contributed by atoms with E-state index in [1.807, 2.05) is 118 Å². The predicted molar refractivity (Wildman–Crippen MR) is 133 cm³/mol. The number of carbonyl (C=O) groups excluding carboxylic acids is 1. The minimum atomic E-state index is -0.673. The summed E-state index contributed by atoms with van der Waals surface area (Å²) in [4.78, 5) is 18.0. The maximum absolute atomic E-state index is 13.1. The molecule has 0 heterocycles. The summed E-state index contributed by atoms with van der Waals surface area (Å²) in [7, 11) is 0. The first kappa shape index (κ1) is 23.5. The zero-order valence-electron chi connectivity index (χ0n) is 18.7. The molecule has 3 aromatic rings. The Balaban J connectivity index is 1.96. The first-order chi connectivity index (χ1) is 15.3. The van der Waals surface area contributed by atoms with Gasteiger partial charge in [0.1, 0.15) is 5.60 Å². The van der Waals surface area contributed by atoms with Crippen LogP contribution in [0.5, 0.6) is 0 Å². The topological polar surface area (TPSA) is 38.7 Å². The van der Waals surface area contributed by atoms with E-state index in [4.69, 9.17) is 21.3 Å². The summed E-state index contributed by atoms with van der Waals surface area (Å²) in [6, 6.07) is 26.7. The Kier molecular flexibility index (Phi) is 8.02. The second kappa shape index (κ2) is 10.9. The van der Waals surface area contributed by atoms with Crippen LogP contribution in [0.1, 0.15) is 43.9 Å². The Morgan fingerprint density at radius 3 is 1.94 bits per heavy atom. The van der Waals surface area contributed by atoms with Crippen molar-refractivity contribution in [2.45, 2.75) is 38.8 Å². The van der Waals surface area contributed by atoms with Crippen molar-refractivity contribution in [3.8, 4) is 0 Å². The van der Waals surface area contributed by atoms with E-state index >= 15 is 0 Å². The molecule has 32 heavy (non-hydrogen) atoms. The number of carbonyl (C=O) groups is 1. The smallest absolute Gasteiger partial charge is 0.331 e. The van der Waals surface area contributed by atoms with E-state index in [2.05, 4.69) is 0 Å². The summed E-state index contributed by atoms with van der Waals surface area (Å²) in [5, 5.41) is 0.689. The zero-order chi connectivity index (χ0) is 23.0. The molecule has 4 heteroatoms. The second-order valence-corrected chi connectivity index (χ2v) is 8.89. The van der Waals surface area contributed by atoms with Gasteiger partial charge in [0.15, 0.2) is 6.04 Å². The molecular formula is C28H28ClNO2. The van der Waals surface area contributed by atoms with Crippen LogP contribution in [-0.2, 0) is 9.53 Å². The van der Waals surface area contributed by atoms with Crippen LogP contribution in [0.4, 0.5) is 0 Å². The molecule has 0 radical (unpaired) electrons. The van der Waals surface area contributed by atoms with Crippen molar-refractivity contribution in [3.63, 3.8) is 0 Å². The minimum absolute atomic E-state index is 0.345. The molecule has 0 spiro atoms. The summed E-state index contributed by atoms with van der Waals surface area (Å²) in [5.74, 6) is -0.345. The highest BCUT2D eigenvalue weighted by molar-refractivity contribution is 6.30. The zero-order valence-corrected chi connectivity index (χ0v) is 19.4. The third kappa shape index (κ3) is 7.21. The van der Waals surface area contributed by atoms with Gasteiger partial charge in [-0.1, -0.05) is 96.5 Å². The van der Waals surface area contributed by atoms with Gasteiger partial charge in [-0.3, -0.25) is 4.99 Å². The first-order valence-corrected chi connectivity index (χ1v) is 11.0. The van der Waals surface area contributed by atoms with Crippen molar-refractivity contribution in [2.75, 3.05) is 0 Å². The number of aliphatic imine (C=N–C) groups is 1. The van der Waals surface area contributed by atoms with Crippen LogP contribution >= 0.6 is 11.6 Å². The van der Waals surface area contributed by atoms with E-state index in [1.54, 1.807) is 0 Å². The minimum Gasteiger partial charge on any atom is -0.458 e. The fraction of sp³-hybridized carbons (Fsp3) is 0.214. The van der Waals surface area contributed by atoms with Crippen LogP contribution in [-0.4, -0.2) is 23.3 Å². The molecule has 3 aromatic carbocycles. The highest BCUT2D eigenvalue weighted by atomic mass is 35.5. The molecule has 0 fully saturated rings. The molecule has 0 unspecified atom stereocenters. The van der Waals surface area contributed by atoms with Gasteiger partial charge in [-0.25, -0.2) is 4.79 Å². The average Bonchev–Trinajstić information content (AvgIpc) is 2.77. The molecule has 0 aliphatic rings. The molecule has 0 aliphatic carbocycles. The summed E-state index contributed by atoms with van der Waals surface area (Å²) in [6.45, 7) is 5.60. The van der Waals surface area contributed by atoms with E-state index in [1.165, 1.54) is 0 Å². The van der Waals surface area contributed by atoms with Crippen LogP contribution in [0.2, 0.25) is 5.02 Å². The van der Waals surface area contributed by atoms with Gasteiger partial charge in [0, 0.05) is 16.1 Å². The second-order valence-electron chi connectivity index (χ2n) is 8.45. The lowest BCUT2D eigenvalue weighted by Crippen LogP contribution is -2.31. The number of nitrogens with zero attached hydrogens (tertiary/aromatic N) is 1. The van der Waals surface area contributed by atoms with Crippen LogP contribution in [0.3, 0.4) is 0 Å². The first-order valence-electron chi connectivity index (χ1n) is 10.7. The Hall–Kier alpha value is -3.17. The van der Waals surface area contributed by atoms with Crippen LogP contribution in [0.15, 0.2) is 96.0 Å². The van der Waals surface area contributed by atoms with Gasteiger partial charge in [-0.15, -0.1) is 0 Å². The van der Waals surface area contributed by atoms with Crippen molar-refractivity contribution in [1.29, 1.82) is 0 Å². The fourth-order valence-corrected chi connectivity index (χ4v) is 3.27. The molecule has 3 nitrogen and oxygen atoms in total. The van der Waals surface area contributed by atoms with Gasteiger partial charge in [0.05, 0.1) is 5.71 Å². The van der Waals surface area contributed by atoms with Crippen molar-refractivity contribution in [1.82, 2.24) is 0 Å². The molecule has 0 N–H and O–H groups in total. The van der Waals surface area contributed by atoms with E-state index in [0.717, 1.165) is 22.4 Å². The summed E-state index contributed by atoms with van der Waals surface area (Å²) < 4.78 is 5.69. The van der Waals surface area contributed by atoms with Crippen LogP contribution in [0.25, 0.3) is 6.08 Å². The lowest BCUT2D eigenvalue weighted by molar-refractivity contribution is -0.156. The molecule has 0 amide bonds. The lowest BCUT2D eigenvalue weighted by atomic mass is 10.0. The molecule has 0 saturated carbocycles. The molecule has 0 bridgehead atoms. The standard InChI is InChI=1S/C28H28ClNO2/c1-28(2,3)32-27(31)25(16-10-11-21-17-19-24(29)20-18-21)30-26(22-12-6-4-7-13-22)23-14-8-5-9-15-23/h4-15,17-20,25H,16H2,1-3H3/b11-10+/t25-/m0/s1. The molecule has 0 aromatic heterocycles. The molecule has 1 atom stereocenters. The molecule has 0 aliphatic heterocycles. The number of esters is 1. The quantitative estimate of drug-likeness (QED) is 0.290.